The van der Waals surface area contributed by atoms with Crippen LogP contribution in [0, 0.1) is 5.82 Å². The zero-order valence-electron chi connectivity index (χ0n) is 10.8. The fraction of sp³-hybridized carbons (Fsp3) is 0.231. The van der Waals surface area contributed by atoms with Gasteiger partial charge in [-0.1, -0.05) is 0 Å². The van der Waals surface area contributed by atoms with Crippen LogP contribution in [-0.4, -0.2) is 14.5 Å². The van der Waals surface area contributed by atoms with Crippen molar-refractivity contribution in [3.8, 4) is 0 Å². The number of sulfonamides is 1. The number of nitrogens with one attached hydrogen (secondary N) is 1. The maximum atomic E-state index is 13.1. The fourth-order valence-electron chi connectivity index (χ4n) is 1.83. The Hall–Kier alpha value is -1.44. The third-order valence-electron chi connectivity index (χ3n) is 2.76. The molecule has 0 aliphatic rings. The van der Waals surface area contributed by atoms with E-state index in [1.165, 1.54) is 6.07 Å². The highest BCUT2D eigenvalue weighted by Crippen LogP contribution is 2.17. The minimum Gasteiger partial charge on any atom is -0.396 e. The van der Waals surface area contributed by atoms with E-state index in [1.807, 2.05) is 16.8 Å². The highest BCUT2D eigenvalue weighted by atomic mass is 32.2. The Morgan fingerprint density at radius 1 is 1.40 bits per heavy atom. The summed E-state index contributed by atoms with van der Waals surface area (Å²) in [7, 11) is -3.70. The van der Waals surface area contributed by atoms with E-state index in [4.69, 9.17) is 5.73 Å². The second kappa shape index (κ2) is 5.90. The predicted molar refractivity (Wildman–Crippen MR) is 78.6 cm³/mol. The molecule has 0 bridgehead atoms. The molecule has 3 N–H and O–H groups in total. The van der Waals surface area contributed by atoms with Gasteiger partial charge in [0.25, 0.3) is 0 Å². The summed E-state index contributed by atoms with van der Waals surface area (Å²) in [6.45, 7) is 1.78. The number of hydrogen-bond donors (Lipinski definition) is 2. The fourth-order valence-corrected chi connectivity index (χ4v) is 3.79. The molecule has 108 valence electrons. The van der Waals surface area contributed by atoms with E-state index >= 15 is 0 Å². The minimum absolute atomic E-state index is 0.0337. The van der Waals surface area contributed by atoms with Crippen LogP contribution in [0.3, 0.4) is 0 Å². The molecule has 7 heteroatoms. The zero-order valence-corrected chi connectivity index (χ0v) is 12.5. The molecule has 1 atom stereocenters. The number of hydrogen-bond acceptors (Lipinski definition) is 4. The molecule has 4 nitrogen and oxygen atoms in total. The predicted octanol–water partition coefficient (Wildman–Crippen LogP) is 2.38. The van der Waals surface area contributed by atoms with Crippen LogP contribution in [0.15, 0.2) is 39.9 Å². The second-order valence-electron chi connectivity index (χ2n) is 4.54. The van der Waals surface area contributed by atoms with Gasteiger partial charge in [0.05, 0.1) is 10.6 Å². The molecule has 0 saturated carbocycles. The second-order valence-corrected chi connectivity index (χ2v) is 7.04. The standard InChI is InChI=1S/C13H15FN2O2S2/c1-9(6-10-4-5-19-8-10)16-20(17,18)11-2-3-12(14)13(15)7-11/h2-5,7-9,16H,6,15H2,1H3. The summed E-state index contributed by atoms with van der Waals surface area (Å²) >= 11 is 1.56. The molecule has 0 radical (unpaired) electrons. The number of nitrogens with two attached hydrogens (primary N) is 1. The normalized spacial score (nSPS) is 13.3. The van der Waals surface area contributed by atoms with E-state index in [9.17, 15) is 12.8 Å². The molecule has 0 aliphatic carbocycles. The monoisotopic (exact) mass is 314 g/mol. The van der Waals surface area contributed by atoms with Gasteiger partial charge in [-0.3, -0.25) is 0 Å². The van der Waals surface area contributed by atoms with Gasteiger partial charge in [-0.15, -0.1) is 0 Å². The van der Waals surface area contributed by atoms with Crippen LogP contribution >= 0.6 is 11.3 Å². The average molecular weight is 314 g/mol. The van der Waals surface area contributed by atoms with E-state index in [0.717, 1.165) is 17.7 Å². The Balaban J connectivity index is 2.12. The molecule has 0 aliphatic heterocycles. The first-order valence-electron chi connectivity index (χ1n) is 5.97. The van der Waals surface area contributed by atoms with Gasteiger partial charge in [0.2, 0.25) is 10.0 Å². The van der Waals surface area contributed by atoms with Gasteiger partial charge in [0, 0.05) is 6.04 Å². The van der Waals surface area contributed by atoms with Gasteiger partial charge >= 0.3 is 0 Å². The number of halogens is 1. The van der Waals surface area contributed by atoms with Gasteiger partial charge in [0.1, 0.15) is 5.82 Å². The topological polar surface area (TPSA) is 72.2 Å². The van der Waals surface area contributed by atoms with Crippen molar-refractivity contribution < 1.29 is 12.8 Å². The Bertz CT molecular complexity index is 684. The zero-order chi connectivity index (χ0) is 14.8. The molecule has 2 aromatic rings. The van der Waals surface area contributed by atoms with Crippen molar-refractivity contribution in [2.75, 3.05) is 5.73 Å². The maximum absolute atomic E-state index is 13.1. The number of anilines is 1. The first-order chi connectivity index (χ1) is 9.38. The largest absolute Gasteiger partial charge is 0.396 e. The summed E-state index contributed by atoms with van der Waals surface area (Å²) in [6, 6.07) is 5.06. The molecule has 0 saturated heterocycles. The van der Waals surface area contributed by atoms with Gasteiger partial charge in [-0.05, 0) is 53.9 Å². The van der Waals surface area contributed by atoms with Gasteiger partial charge < -0.3 is 5.73 Å². The van der Waals surface area contributed by atoms with Crippen molar-refractivity contribution >= 4 is 27.0 Å². The molecule has 1 aromatic heterocycles. The first-order valence-corrected chi connectivity index (χ1v) is 8.39. The molecular weight excluding hydrogens is 299 g/mol. The van der Waals surface area contributed by atoms with Crippen LogP contribution in [0.4, 0.5) is 10.1 Å². The molecule has 1 unspecified atom stereocenters. The highest BCUT2D eigenvalue weighted by molar-refractivity contribution is 7.89. The van der Waals surface area contributed by atoms with Crippen LogP contribution < -0.4 is 10.5 Å². The Kier molecular flexibility index (Phi) is 4.42. The molecule has 1 heterocycles. The summed E-state index contributed by atoms with van der Waals surface area (Å²) < 4.78 is 39.9. The van der Waals surface area contributed by atoms with Crippen LogP contribution in [0.2, 0.25) is 0 Å². The van der Waals surface area contributed by atoms with E-state index in [1.54, 1.807) is 18.3 Å². The summed E-state index contributed by atoms with van der Waals surface area (Å²) in [5.41, 5.74) is 6.28. The molecule has 1 aromatic carbocycles. The molecule has 0 spiro atoms. The summed E-state index contributed by atoms with van der Waals surface area (Å²) in [6.07, 6.45) is 0.597. The average Bonchev–Trinajstić information content (AvgIpc) is 2.84. The molecule has 2 rings (SSSR count). The summed E-state index contributed by atoms with van der Waals surface area (Å²) in [4.78, 5) is -0.0337. The van der Waals surface area contributed by atoms with E-state index in [0.29, 0.717) is 6.42 Å². The lowest BCUT2D eigenvalue weighted by Gasteiger charge is -2.14. The first kappa shape index (κ1) is 15.0. The van der Waals surface area contributed by atoms with Gasteiger partial charge in [0.15, 0.2) is 0 Å². The summed E-state index contributed by atoms with van der Waals surface area (Å²) in [5, 5.41) is 3.91. The Labute approximate surface area is 121 Å². The number of benzene rings is 1. The van der Waals surface area contributed by atoms with Gasteiger partial charge in [-0.2, -0.15) is 11.3 Å². The Morgan fingerprint density at radius 3 is 2.75 bits per heavy atom. The third-order valence-corrected chi connectivity index (χ3v) is 5.08. The number of nitrogen functional groups attached to an aromatic ring is 1. The van der Waals surface area contributed by atoms with Gasteiger partial charge in [-0.25, -0.2) is 17.5 Å². The van der Waals surface area contributed by atoms with Crippen LogP contribution in [-0.2, 0) is 16.4 Å². The SMILES string of the molecule is CC(Cc1ccsc1)NS(=O)(=O)c1ccc(F)c(N)c1. The van der Waals surface area contributed by atoms with Crippen LogP contribution in [0.5, 0.6) is 0 Å². The Morgan fingerprint density at radius 2 is 2.15 bits per heavy atom. The van der Waals surface area contributed by atoms with Crippen molar-refractivity contribution in [2.45, 2.75) is 24.3 Å². The molecule has 0 amide bonds. The number of thiophene rings is 1. The quantitative estimate of drug-likeness (QED) is 0.832. The minimum atomic E-state index is -3.70. The highest BCUT2D eigenvalue weighted by Gasteiger charge is 2.18. The van der Waals surface area contributed by atoms with Crippen molar-refractivity contribution in [1.29, 1.82) is 0 Å². The lowest BCUT2D eigenvalue weighted by molar-refractivity contribution is 0.559. The van der Waals surface area contributed by atoms with Crippen molar-refractivity contribution in [2.24, 2.45) is 0 Å². The molecule has 20 heavy (non-hydrogen) atoms. The van der Waals surface area contributed by atoms with Crippen molar-refractivity contribution in [1.82, 2.24) is 4.72 Å². The maximum Gasteiger partial charge on any atom is 0.240 e. The summed E-state index contributed by atoms with van der Waals surface area (Å²) in [5.74, 6) is -0.629. The third kappa shape index (κ3) is 3.56. The molecular formula is C13H15FN2O2S2. The van der Waals surface area contributed by atoms with Crippen LogP contribution in [0.1, 0.15) is 12.5 Å². The lowest BCUT2D eigenvalue weighted by atomic mass is 10.1. The smallest absolute Gasteiger partial charge is 0.240 e. The van der Waals surface area contributed by atoms with Crippen molar-refractivity contribution in [3.05, 3.63) is 46.4 Å². The lowest BCUT2D eigenvalue weighted by Crippen LogP contribution is -2.34. The number of rotatable bonds is 5. The van der Waals surface area contributed by atoms with E-state index in [-0.39, 0.29) is 16.6 Å². The molecule has 0 fully saturated rings. The van der Waals surface area contributed by atoms with Crippen molar-refractivity contribution in [3.63, 3.8) is 0 Å². The van der Waals surface area contributed by atoms with E-state index in [2.05, 4.69) is 4.72 Å². The van der Waals surface area contributed by atoms with Crippen LogP contribution in [0.25, 0.3) is 0 Å². The van der Waals surface area contributed by atoms with E-state index < -0.39 is 15.8 Å².